The van der Waals surface area contributed by atoms with Crippen molar-refractivity contribution in [3.05, 3.63) is 29.8 Å². The second kappa shape index (κ2) is 10.2. The monoisotopic (exact) mass is 334 g/mol. The van der Waals surface area contributed by atoms with Gasteiger partial charge in [-0.05, 0) is 30.8 Å². The van der Waals surface area contributed by atoms with Gasteiger partial charge in [-0.15, -0.1) is 0 Å². The number of hydrogen-bond acceptors (Lipinski definition) is 4. The first-order chi connectivity index (χ1) is 11.7. The standard InChI is InChI=1S/C18H30N4O2/c1-3-21(4-2)9-14-24-17-7-5-16(6-8-17)15-20-18(19)22-10-12-23-13-11-22/h5-8H,3-4,9-15H2,1-2H3,(H2,19,20). The van der Waals surface area contributed by atoms with Crippen LogP contribution in [-0.4, -0.2) is 68.3 Å². The topological polar surface area (TPSA) is 63.3 Å². The first-order valence-corrected chi connectivity index (χ1v) is 8.79. The second-order valence-corrected chi connectivity index (χ2v) is 5.79. The molecule has 1 aliphatic rings. The van der Waals surface area contributed by atoms with Crippen molar-refractivity contribution in [3.63, 3.8) is 0 Å². The molecule has 1 fully saturated rings. The lowest BCUT2D eigenvalue weighted by Crippen LogP contribution is -2.44. The van der Waals surface area contributed by atoms with Crippen LogP contribution in [0.3, 0.4) is 0 Å². The van der Waals surface area contributed by atoms with Crippen LogP contribution in [0.1, 0.15) is 19.4 Å². The predicted molar refractivity (Wildman–Crippen MR) is 97.4 cm³/mol. The van der Waals surface area contributed by atoms with E-state index in [-0.39, 0.29) is 0 Å². The first-order valence-electron chi connectivity index (χ1n) is 8.79. The lowest BCUT2D eigenvalue weighted by Gasteiger charge is -2.27. The molecule has 0 saturated carbocycles. The fourth-order valence-electron chi connectivity index (χ4n) is 2.59. The Bertz CT molecular complexity index is 494. The molecule has 6 nitrogen and oxygen atoms in total. The SMILES string of the molecule is CCN(CC)CCOc1ccc(CN=C(N)N2CCOCC2)cc1. The largest absolute Gasteiger partial charge is 0.492 e. The Kier molecular flexibility index (Phi) is 7.85. The zero-order valence-corrected chi connectivity index (χ0v) is 14.9. The Morgan fingerprint density at radius 1 is 1.21 bits per heavy atom. The Morgan fingerprint density at radius 3 is 2.50 bits per heavy atom. The number of nitrogens with zero attached hydrogens (tertiary/aromatic N) is 3. The molecule has 24 heavy (non-hydrogen) atoms. The molecule has 1 aromatic carbocycles. The van der Waals surface area contributed by atoms with Crippen LogP contribution >= 0.6 is 0 Å². The second-order valence-electron chi connectivity index (χ2n) is 5.79. The van der Waals surface area contributed by atoms with Crippen molar-refractivity contribution < 1.29 is 9.47 Å². The minimum absolute atomic E-state index is 0.586. The van der Waals surface area contributed by atoms with Gasteiger partial charge >= 0.3 is 0 Å². The first kappa shape index (κ1) is 18.5. The average molecular weight is 334 g/mol. The van der Waals surface area contributed by atoms with Gasteiger partial charge in [0.1, 0.15) is 12.4 Å². The van der Waals surface area contributed by atoms with E-state index in [9.17, 15) is 0 Å². The van der Waals surface area contributed by atoms with E-state index in [0.29, 0.717) is 19.1 Å². The number of ether oxygens (including phenoxy) is 2. The van der Waals surface area contributed by atoms with E-state index in [1.807, 2.05) is 24.3 Å². The molecule has 0 bridgehead atoms. The summed E-state index contributed by atoms with van der Waals surface area (Å²) < 4.78 is 11.1. The Morgan fingerprint density at radius 2 is 1.88 bits per heavy atom. The van der Waals surface area contributed by atoms with Gasteiger partial charge in [0.15, 0.2) is 5.96 Å². The number of aliphatic imine (C=N–C) groups is 1. The number of nitrogens with two attached hydrogens (primary N) is 1. The van der Waals surface area contributed by atoms with E-state index in [2.05, 4.69) is 28.6 Å². The molecule has 2 N–H and O–H groups in total. The van der Waals surface area contributed by atoms with Crippen molar-refractivity contribution in [1.29, 1.82) is 0 Å². The quantitative estimate of drug-likeness (QED) is 0.577. The number of hydrogen-bond donors (Lipinski definition) is 1. The zero-order valence-electron chi connectivity index (χ0n) is 14.9. The molecular weight excluding hydrogens is 304 g/mol. The van der Waals surface area contributed by atoms with Crippen LogP contribution in [0.15, 0.2) is 29.3 Å². The molecular formula is C18H30N4O2. The molecule has 6 heteroatoms. The summed E-state index contributed by atoms with van der Waals surface area (Å²) in [4.78, 5) is 8.88. The van der Waals surface area contributed by atoms with Gasteiger partial charge in [0.2, 0.25) is 0 Å². The van der Waals surface area contributed by atoms with Crippen molar-refractivity contribution in [2.75, 3.05) is 52.5 Å². The van der Waals surface area contributed by atoms with Crippen LogP contribution < -0.4 is 10.5 Å². The third kappa shape index (κ3) is 6.02. The molecule has 134 valence electrons. The van der Waals surface area contributed by atoms with Gasteiger partial charge in [-0.1, -0.05) is 26.0 Å². The molecule has 0 unspecified atom stereocenters. The highest BCUT2D eigenvalue weighted by Gasteiger charge is 2.11. The summed E-state index contributed by atoms with van der Waals surface area (Å²) in [6.07, 6.45) is 0. The molecule has 0 spiro atoms. The van der Waals surface area contributed by atoms with Crippen LogP contribution in [0.4, 0.5) is 0 Å². The smallest absolute Gasteiger partial charge is 0.191 e. The maximum Gasteiger partial charge on any atom is 0.191 e. The van der Waals surface area contributed by atoms with E-state index in [1.54, 1.807) is 0 Å². The summed E-state index contributed by atoms with van der Waals surface area (Å²) in [5.74, 6) is 1.49. The van der Waals surface area contributed by atoms with E-state index in [1.165, 1.54) is 0 Å². The number of likely N-dealkylation sites (N-methyl/N-ethyl adjacent to an activating group) is 1. The molecule has 0 radical (unpaired) electrons. The number of guanidine groups is 1. The van der Waals surface area contributed by atoms with Crippen LogP contribution in [0, 0.1) is 0 Å². The molecule has 2 rings (SSSR count). The van der Waals surface area contributed by atoms with E-state index >= 15 is 0 Å². The number of rotatable bonds is 8. The summed E-state index contributed by atoms with van der Waals surface area (Å²) >= 11 is 0. The van der Waals surface area contributed by atoms with Gasteiger partial charge in [-0.3, -0.25) is 0 Å². The molecule has 0 aromatic heterocycles. The average Bonchev–Trinajstić information content (AvgIpc) is 2.65. The Hall–Kier alpha value is -1.79. The van der Waals surface area contributed by atoms with Crippen LogP contribution in [0.25, 0.3) is 0 Å². The van der Waals surface area contributed by atoms with Gasteiger partial charge in [0.05, 0.1) is 19.8 Å². The van der Waals surface area contributed by atoms with Gasteiger partial charge < -0.3 is 25.0 Å². The molecule has 0 amide bonds. The van der Waals surface area contributed by atoms with Gasteiger partial charge in [0, 0.05) is 19.6 Å². The van der Waals surface area contributed by atoms with E-state index < -0.39 is 0 Å². The normalized spacial score (nSPS) is 15.8. The molecule has 0 aliphatic carbocycles. The van der Waals surface area contributed by atoms with Crippen molar-refractivity contribution in [2.24, 2.45) is 10.7 Å². The summed E-state index contributed by atoms with van der Waals surface area (Å²) in [6.45, 7) is 11.8. The van der Waals surface area contributed by atoms with Gasteiger partial charge in [-0.25, -0.2) is 4.99 Å². The maximum atomic E-state index is 6.04. The molecule has 1 aliphatic heterocycles. The van der Waals surface area contributed by atoms with Crippen LogP contribution in [0.2, 0.25) is 0 Å². The highest BCUT2D eigenvalue weighted by atomic mass is 16.5. The lowest BCUT2D eigenvalue weighted by atomic mass is 10.2. The molecule has 1 heterocycles. The van der Waals surface area contributed by atoms with Crippen LogP contribution in [-0.2, 0) is 11.3 Å². The van der Waals surface area contributed by atoms with Gasteiger partial charge in [0.25, 0.3) is 0 Å². The highest BCUT2D eigenvalue weighted by Crippen LogP contribution is 2.13. The van der Waals surface area contributed by atoms with Crippen molar-refractivity contribution in [2.45, 2.75) is 20.4 Å². The van der Waals surface area contributed by atoms with Crippen molar-refractivity contribution >= 4 is 5.96 Å². The van der Waals surface area contributed by atoms with Crippen molar-refractivity contribution in [3.8, 4) is 5.75 Å². The minimum atomic E-state index is 0.586. The van der Waals surface area contributed by atoms with E-state index in [0.717, 1.165) is 57.3 Å². The fourth-order valence-corrected chi connectivity index (χ4v) is 2.59. The molecule has 0 atom stereocenters. The third-order valence-electron chi connectivity index (χ3n) is 4.25. The summed E-state index contributed by atoms with van der Waals surface area (Å²) in [6, 6.07) is 8.09. The lowest BCUT2D eigenvalue weighted by molar-refractivity contribution is 0.0674. The summed E-state index contributed by atoms with van der Waals surface area (Å²) in [5.41, 5.74) is 7.16. The predicted octanol–water partition coefficient (Wildman–Crippen LogP) is 1.55. The third-order valence-corrected chi connectivity index (χ3v) is 4.25. The highest BCUT2D eigenvalue weighted by molar-refractivity contribution is 5.78. The fraction of sp³-hybridized carbons (Fsp3) is 0.611. The maximum absolute atomic E-state index is 6.04. The van der Waals surface area contributed by atoms with Gasteiger partial charge in [-0.2, -0.15) is 0 Å². The molecule has 1 aromatic rings. The Balaban J connectivity index is 1.77. The summed E-state index contributed by atoms with van der Waals surface area (Å²) in [7, 11) is 0. The molecule has 1 saturated heterocycles. The van der Waals surface area contributed by atoms with E-state index in [4.69, 9.17) is 15.2 Å². The Labute approximate surface area is 145 Å². The minimum Gasteiger partial charge on any atom is -0.492 e. The number of morpholine rings is 1. The van der Waals surface area contributed by atoms with Crippen LogP contribution in [0.5, 0.6) is 5.75 Å². The summed E-state index contributed by atoms with van der Waals surface area (Å²) in [5, 5.41) is 0. The zero-order chi connectivity index (χ0) is 17.2. The van der Waals surface area contributed by atoms with Crippen molar-refractivity contribution in [1.82, 2.24) is 9.80 Å². The number of benzene rings is 1.